The van der Waals surface area contributed by atoms with Crippen molar-refractivity contribution in [3.63, 3.8) is 0 Å². The second kappa shape index (κ2) is 6.26. The van der Waals surface area contributed by atoms with Crippen LogP contribution in [-0.4, -0.2) is 18.1 Å². The van der Waals surface area contributed by atoms with Crippen molar-refractivity contribution in [3.05, 3.63) is 47.7 Å². The molecule has 2 rings (SSSR count). The highest BCUT2D eigenvalue weighted by Crippen LogP contribution is 2.32. The fraction of sp³-hybridized carbons (Fsp3) is 0.250. The number of nitrogens with two attached hydrogens (primary N) is 1. The predicted molar refractivity (Wildman–Crippen MR) is 80.6 cm³/mol. The van der Waals surface area contributed by atoms with Crippen molar-refractivity contribution in [2.75, 3.05) is 12.8 Å². The molecule has 5 heteroatoms. The Kier molecular flexibility index (Phi) is 4.42. The van der Waals surface area contributed by atoms with E-state index in [1.54, 1.807) is 6.07 Å². The third-order valence-electron chi connectivity index (χ3n) is 3.03. The summed E-state index contributed by atoms with van der Waals surface area (Å²) in [6, 6.07) is 10.7. The highest BCUT2D eigenvalue weighted by Gasteiger charge is 2.14. The van der Waals surface area contributed by atoms with Gasteiger partial charge in [0.15, 0.2) is 5.69 Å². The molecule has 1 aromatic heterocycles. The number of nitrogens with zero attached hydrogens (tertiary/aromatic N) is 1. The summed E-state index contributed by atoms with van der Waals surface area (Å²) in [7, 11) is 1.30. The van der Waals surface area contributed by atoms with Gasteiger partial charge in [-0.1, -0.05) is 32.0 Å². The number of methoxy groups -OCH3 is 1. The van der Waals surface area contributed by atoms with Crippen molar-refractivity contribution >= 4 is 11.7 Å². The Hall–Kier alpha value is -2.56. The van der Waals surface area contributed by atoms with Gasteiger partial charge in [0.25, 0.3) is 0 Å². The maximum atomic E-state index is 11.5. The fourth-order valence-corrected chi connectivity index (χ4v) is 1.91. The number of benzene rings is 1. The number of hydrogen-bond acceptors (Lipinski definition) is 5. The molecule has 0 amide bonds. The van der Waals surface area contributed by atoms with Crippen LogP contribution in [0, 0.1) is 0 Å². The Morgan fingerprint density at radius 3 is 2.57 bits per heavy atom. The third-order valence-corrected chi connectivity index (χ3v) is 3.03. The molecule has 0 saturated carbocycles. The first-order chi connectivity index (χ1) is 10.0. The summed E-state index contributed by atoms with van der Waals surface area (Å²) >= 11 is 0. The second-order valence-corrected chi connectivity index (χ2v) is 4.88. The highest BCUT2D eigenvalue weighted by atomic mass is 16.5. The maximum absolute atomic E-state index is 11.5. The smallest absolute Gasteiger partial charge is 0.356 e. The van der Waals surface area contributed by atoms with E-state index in [1.165, 1.54) is 13.2 Å². The zero-order valence-corrected chi connectivity index (χ0v) is 12.3. The molecule has 0 bridgehead atoms. The van der Waals surface area contributed by atoms with Gasteiger partial charge in [0.05, 0.1) is 12.8 Å². The SMILES string of the molecule is COC(=O)c1ccc(N)c(Oc2ccccc2C(C)C)n1. The molecule has 0 atom stereocenters. The summed E-state index contributed by atoms with van der Waals surface area (Å²) in [5.41, 5.74) is 7.43. The molecule has 5 nitrogen and oxygen atoms in total. The van der Waals surface area contributed by atoms with E-state index in [-0.39, 0.29) is 11.6 Å². The number of carbonyl (C=O) groups is 1. The molecular formula is C16H18N2O3. The fourth-order valence-electron chi connectivity index (χ4n) is 1.91. The van der Waals surface area contributed by atoms with Crippen LogP contribution in [-0.2, 0) is 4.74 Å². The van der Waals surface area contributed by atoms with Crippen LogP contribution in [0.25, 0.3) is 0 Å². The molecule has 0 fully saturated rings. The van der Waals surface area contributed by atoms with Gasteiger partial charge in [-0.05, 0) is 29.7 Å². The van der Waals surface area contributed by atoms with E-state index in [0.717, 1.165) is 5.56 Å². The minimum Gasteiger partial charge on any atom is -0.464 e. The van der Waals surface area contributed by atoms with E-state index in [9.17, 15) is 4.79 Å². The molecular weight excluding hydrogens is 268 g/mol. The topological polar surface area (TPSA) is 74.4 Å². The summed E-state index contributed by atoms with van der Waals surface area (Å²) < 4.78 is 10.4. The van der Waals surface area contributed by atoms with Gasteiger partial charge in [-0.2, -0.15) is 0 Å². The molecule has 2 N–H and O–H groups in total. The number of ether oxygens (including phenoxy) is 2. The number of esters is 1. The first kappa shape index (κ1) is 14.8. The lowest BCUT2D eigenvalue weighted by atomic mass is 10.0. The molecule has 110 valence electrons. The van der Waals surface area contributed by atoms with E-state index in [1.807, 2.05) is 24.3 Å². The van der Waals surface area contributed by atoms with Gasteiger partial charge < -0.3 is 15.2 Å². The minimum absolute atomic E-state index is 0.156. The van der Waals surface area contributed by atoms with Crippen molar-refractivity contribution in [1.29, 1.82) is 0 Å². The molecule has 0 aliphatic rings. The first-order valence-corrected chi connectivity index (χ1v) is 6.64. The van der Waals surface area contributed by atoms with Crippen molar-refractivity contribution in [1.82, 2.24) is 4.98 Å². The Labute approximate surface area is 123 Å². The molecule has 0 unspecified atom stereocenters. The largest absolute Gasteiger partial charge is 0.464 e. The Bertz CT molecular complexity index is 654. The zero-order valence-electron chi connectivity index (χ0n) is 12.3. The molecule has 0 saturated heterocycles. The van der Waals surface area contributed by atoms with Crippen LogP contribution in [0.5, 0.6) is 11.6 Å². The van der Waals surface area contributed by atoms with Crippen LogP contribution in [0.15, 0.2) is 36.4 Å². The number of nitrogen functional groups attached to an aromatic ring is 1. The van der Waals surface area contributed by atoms with Crippen LogP contribution in [0.1, 0.15) is 35.8 Å². The number of aromatic nitrogens is 1. The first-order valence-electron chi connectivity index (χ1n) is 6.64. The molecule has 0 radical (unpaired) electrons. The van der Waals surface area contributed by atoms with Gasteiger partial charge >= 0.3 is 5.97 Å². The summed E-state index contributed by atoms with van der Waals surface area (Å²) in [6.45, 7) is 4.15. The zero-order chi connectivity index (χ0) is 15.4. The summed E-state index contributed by atoms with van der Waals surface area (Å²) in [5.74, 6) is 0.642. The van der Waals surface area contributed by atoms with Crippen molar-refractivity contribution in [2.45, 2.75) is 19.8 Å². The van der Waals surface area contributed by atoms with Crippen molar-refractivity contribution < 1.29 is 14.3 Å². The predicted octanol–water partition coefficient (Wildman–Crippen LogP) is 3.37. The molecule has 0 aliphatic heterocycles. The van der Waals surface area contributed by atoms with Crippen molar-refractivity contribution in [2.24, 2.45) is 0 Å². The number of anilines is 1. The molecule has 21 heavy (non-hydrogen) atoms. The standard InChI is InChI=1S/C16H18N2O3/c1-10(2)11-6-4-5-7-14(11)21-15-12(17)8-9-13(18-15)16(19)20-3/h4-10H,17H2,1-3H3. The van der Waals surface area contributed by atoms with Gasteiger partial charge in [-0.3, -0.25) is 0 Å². The summed E-state index contributed by atoms with van der Waals surface area (Å²) in [6.07, 6.45) is 0. The Morgan fingerprint density at radius 1 is 1.19 bits per heavy atom. The van der Waals surface area contributed by atoms with Crippen LogP contribution >= 0.6 is 0 Å². The summed E-state index contributed by atoms with van der Waals surface area (Å²) in [5, 5.41) is 0. The number of pyridine rings is 1. The van der Waals surface area contributed by atoms with Gasteiger partial charge in [0, 0.05) is 0 Å². The van der Waals surface area contributed by atoms with E-state index in [0.29, 0.717) is 17.4 Å². The van der Waals surface area contributed by atoms with Crippen LogP contribution in [0.3, 0.4) is 0 Å². The number of hydrogen-bond donors (Lipinski definition) is 1. The lowest BCUT2D eigenvalue weighted by molar-refractivity contribution is 0.0593. The van der Waals surface area contributed by atoms with E-state index < -0.39 is 5.97 Å². The average molecular weight is 286 g/mol. The second-order valence-electron chi connectivity index (χ2n) is 4.88. The van der Waals surface area contributed by atoms with Crippen molar-refractivity contribution in [3.8, 4) is 11.6 Å². The molecule has 1 aromatic carbocycles. The number of rotatable bonds is 4. The van der Waals surface area contributed by atoms with E-state index in [2.05, 4.69) is 23.6 Å². The number of carbonyl (C=O) groups excluding carboxylic acids is 1. The Balaban J connectivity index is 2.38. The third kappa shape index (κ3) is 3.31. The lowest BCUT2D eigenvalue weighted by Gasteiger charge is -2.14. The highest BCUT2D eigenvalue weighted by molar-refractivity contribution is 5.87. The number of para-hydroxylation sites is 1. The van der Waals surface area contributed by atoms with Gasteiger partial charge in [0.1, 0.15) is 5.75 Å². The van der Waals surface area contributed by atoms with Crippen LogP contribution < -0.4 is 10.5 Å². The maximum Gasteiger partial charge on any atom is 0.356 e. The van der Waals surface area contributed by atoms with Gasteiger partial charge in [-0.15, -0.1) is 0 Å². The monoisotopic (exact) mass is 286 g/mol. The normalized spacial score (nSPS) is 10.5. The summed E-state index contributed by atoms with van der Waals surface area (Å²) in [4.78, 5) is 15.6. The van der Waals surface area contributed by atoms with Crippen LogP contribution in [0.2, 0.25) is 0 Å². The minimum atomic E-state index is -0.531. The molecule has 0 aliphatic carbocycles. The van der Waals surface area contributed by atoms with Gasteiger partial charge in [-0.25, -0.2) is 9.78 Å². The van der Waals surface area contributed by atoms with E-state index >= 15 is 0 Å². The van der Waals surface area contributed by atoms with Gasteiger partial charge in [0.2, 0.25) is 5.88 Å². The molecule has 1 heterocycles. The lowest BCUT2D eigenvalue weighted by Crippen LogP contribution is -2.06. The Morgan fingerprint density at radius 2 is 1.90 bits per heavy atom. The quantitative estimate of drug-likeness (QED) is 0.872. The molecule has 0 spiro atoms. The molecule has 2 aromatic rings. The van der Waals surface area contributed by atoms with E-state index in [4.69, 9.17) is 10.5 Å². The average Bonchev–Trinajstić information content (AvgIpc) is 2.49. The van der Waals surface area contributed by atoms with Crippen LogP contribution in [0.4, 0.5) is 5.69 Å².